The molecule has 0 atom stereocenters. The highest BCUT2D eigenvalue weighted by Gasteiger charge is 2.20. The van der Waals surface area contributed by atoms with Crippen LogP contribution in [0.3, 0.4) is 0 Å². The van der Waals surface area contributed by atoms with Gasteiger partial charge in [0.05, 0.1) is 17.1 Å². The fourth-order valence-electron chi connectivity index (χ4n) is 2.87. The SMILES string of the molecule is Cc1ccc(C)c(-c2[nH]c3ccc(C)cc3c2C(=O)CCl)c1. The molecule has 3 rings (SSSR count). The van der Waals surface area contributed by atoms with Gasteiger partial charge in [0.2, 0.25) is 0 Å². The van der Waals surface area contributed by atoms with Gasteiger partial charge >= 0.3 is 0 Å². The molecule has 0 aliphatic heterocycles. The van der Waals surface area contributed by atoms with E-state index in [1.165, 1.54) is 5.56 Å². The van der Waals surface area contributed by atoms with Crippen LogP contribution in [0, 0.1) is 20.8 Å². The highest BCUT2D eigenvalue weighted by molar-refractivity contribution is 6.33. The van der Waals surface area contributed by atoms with Crippen LogP contribution in [-0.4, -0.2) is 16.6 Å². The minimum Gasteiger partial charge on any atom is -0.354 e. The van der Waals surface area contributed by atoms with Gasteiger partial charge in [-0.05, 0) is 44.5 Å². The lowest BCUT2D eigenvalue weighted by Gasteiger charge is -2.08. The molecule has 0 spiro atoms. The first-order chi connectivity index (χ1) is 10.5. The average molecular weight is 312 g/mol. The fourth-order valence-corrected chi connectivity index (χ4v) is 3.00. The van der Waals surface area contributed by atoms with Crippen molar-refractivity contribution < 1.29 is 4.79 Å². The Bertz CT molecular complexity index is 877. The fraction of sp³-hybridized carbons (Fsp3) is 0.211. The Morgan fingerprint density at radius 1 is 1.05 bits per heavy atom. The molecule has 3 aromatic rings. The normalized spacial score (nSPS) is 11.1. The molecule has 0 amide bonds. The van der Waals surface area contributed by atoms with Crippen molar-refractivity contribution in [1.29, 1.82) is 0 Å². The number of carbonyl (C=O) groups excluding carboxylic acids is 1. The number of nitrogens with one attached hydrogen (secondary N) is 1. The van der Waals surface area contributed by atoms with E-state index in [0.717, 1.165) is 33.3 Å². The molecule has 1 aromatic heterocycles. The van der Waals surface area contributed by atoms with Crippen LogP contribution in [0.4, 0.5) is 0 Å². The van der Waals surface area contributed by atoms with Gasteiger partial charge in [0.1, 0.15) is 0 Å². The lowest BCUT2D eigenvalue weighted by molar-refractivity contribution is 0.102. The Kier molecular flexibility index (Phi) is 3.79. The molecule has 0 bridgehead atoms. The lowest BCUT2D eigenvalue weighted by atomic mass is 9.97. The molecule has 2 nitrogen and oxygen atoms in total. The first kappa shape index (κ1) is 14.9. The number of halogens is 1. The Balaban J connectivity index is 2.38. The van der Waals surface area contributed by atoms with Crippen molar-refractivity contribution >= 4 is 28.3 Å². The third-order valence-corrected chi connectivity index (χ3v) is 4.26. The van der Waals surface area contributed by atoms with E-state index in [2.05, 4.69) is 37.0 Å². The summed E-state index contributed by atoms with van der Waals surface area (Å²) in [7, 11) is 0. The van der Waals surface area contributed by atoms with Crippen LogP contribution < -0.4 is 0 Å². The summed E-state index contributed by atoms with van der Waals surface area (Å²) in [5.74, 6) is -0.0620. The van der Waals surface area contributed by atoms with E-state index >= 15 is 0 Å². The van der Waals surface area contributed by atoms with Crippen molar-refractivity contribution in [1.82, 2.24) is 4.98 Å². The molecule has 1 heterocycles. The molecule has 0 aliphatic carbocycles. The average Bonchev–Trinajstić information content (AvgIpc) is 2.87. The second-order valence-corrected chi connectivity index (χ2v) is 6.07. The Hall–Kier alpha value is -2.06. The van der Waals surface area contributed by atoms with Crippen molar-refractivity contribution in [2.75, 3.05) is 5.88 Å². The maximum atomic E-state index is 12.4. The molecule has 0 radical (unpaired) electrons. The highest BCUT2D eigenvalue weighted by atomic mass is 35.5. The second kappa shape index (κ2) is 5.62. The van der Waals surface area contributed by atoms with Crippen LogP contribution in [0.1, 0.15) is 27.0 Å². The van der Waals surface area contributed by atoms with Crippen molar-refractivity contribution in [3.63, 3.8) is 0 Å². The first-order valence-electron chi connectivity index (χ1n) is 7.30. The molecule has 2 aromatic carbocycles. The van der Waals surface area contributed by atoms with Crippen molar-refractivity contribution in [3.05, 3.63) is 58.7 Å². The predicted molar refractivity (Wildman–Crippen MR) is 93.0 cm³/mol. The summed E-state index contributed by atoms with van der Waals surface area (Å²) in [6.07, 6.45) is 0. The van der Waals surface area contributed by atoms with Crippen LogP contribution in [-0.2, 0) is 0 Å². The minimum absolute atomic E-state index is 0.0151. The van der Waals surface area contributed by atoms with Crippen molar-refractivity contribution in [2.24, 2.45) is 0 Å². The molecule has 0 unspecified atom stereocenters. The van der Waals surface area contributed by atoms with Gasteiger partial charge in [0.25, 0.3) is 0 Å². The summed E-state index contributed by atoms with van der Waals surface area (Å²) < 4.78 is 0. The number of benzene rings is 2. The van der Waals surface area contributed by atoms with Crippen LogP contribution in [0.2, 0.25) is 0 Å². The van der Waals surface area contributed by atoms with Gasteiger partial charge in [-0.25, -0.2) is 0 Å². The van der Waals surface area contributed by atoms with Crippen LogP contribution in [0.5, 0.6) is 0 Å². The molecule has 0 saturated carbocycles. The Labute approximate surface area is 135 Å². The van der Waals surface area contributed by atoms with Gasteiger partial charge in [0, 0.05) is 16.5 Å². The number of aromatic nitrogens is 1. The molecule has 3 heteroatoms. The van der Waals surface area contributed by atoms with E-state index in [4.69, 9.17) is 11.6 Å². The summed E-state index contributed by atoms with van der Waals surface area (Å²) in [6, 6.07) is 12.4. The van der Waals surface area contributed by atoms with E-state index in [0.29, 0.717) is 5.56 Å². The summed E-state index contributed by atoms with van der Waals surface area (Å²) in [5, 5.41) is 0.946. The summed E-state index contributed by atoms with van der Waals surface area (Å²) in [6.45, 7) is 6.14. The number of ketones is 1. The number of hydrogen-bond donors (Lipinski definition) is 1. The minimum atomic E-state index is -0.0468. The number of alkyl halides is 1. The van der Waals surface area contributed by atoms with Crippen molar-refractivity contribution in [2.45, 2.75) is 20.8 Å². The van der Waals surface area contributed by atoms with E-state index in [1.54, 1.807) is 0 Å². The topological polar surface area (TPSA) is 32.9 Å². The monoisotopic (exact) mass is 311 g/mol. The third-order valence-electron chi connectivity index (χ3n) is 4.02. The van der Waals surface area contributed by atoms with Gasteiger partial charge in [-0.2, -0.15) is 0 Å². The zero-order valence-electron chi connectivity index (χ0n) is 13.0. The van der Waals surface area contributed by atoms with E-state index in [1.807, 2.05) is 25.1 Å². The number of fused-ring (bicyclic) bond motifs is 1. The smallest absolute Gasteiger partial charge is 0.180 e. The number of H-pyrrole nitrogens is 1. The quantitative estimate of drug-likeness (QED) is 0.524. The molecule has 0 fully saturated rings. The summed E-state index contributed by atoms with van der Waals surface area (Å²) in [4.78, 5) is 15.8. The number of aromatic amines is 1. The zero-order valence-corrected chi connectivity index (χ0v) is 13.7. The van der Waals surface area contributed by atoms with E-state index in [-0.39, 0.29) is 11.7 Å². The molecule has 22 heavy (non-hydrogen) atoms. The number of carbonyl (C=O) groups is 1. The molecular formula is C19H18ClNO. The maximum absolute atomic E-state index is 12.4. The van der Waals surface area contributed by atoms with Gasteiger partial charge in [-0.15, -0.1) is 11.6 Å². The van der Waals surface area contributed by atoms with Gasteiger partial charge in [0.15, 0.2) is 5.78 Å². The number of Topliss-reactive ketones (excluding diaryl/α,β-unsaturated/α-hetero) is 1. The molecular weight excluding hydrogens is 294 g/mol. The predicted octanol–water partition coefficient (Wildman–Crippen LogP) is 5.18. The first-order valence-corrected chi connectivity index (χ1v) is 7.84. The lowest BCUT2D eigenvalue weighted by Crippen LogP contribution is -2.02. The zero-order chi connectivity index (χ0) is 15.9. The largest absolute Gasteiger partial charge is 0.354 e. The molecule has 1 N–H and O–H groups in total. The Morgan fingerprint density at radius 2 is 1.73 bits per heavy atom. The summed E-state index contributed by atoms with van der Waals surface area (Å²) in [5.41, 5.74) is 7.02. The molecule has 0 saturated heterocycles. The van der Waals surface area contributed by atoms with Gasteiger partial charge in [-0.3, -0.25) is 4.79 Å². The Morgan fingerprint density at radius 3 is 2.45 bits per heavy atom. The number of rotatable bonds is 3. The van der Waals surface area contributed by atoms with Crippen LogP contribution in [0.25, 0.3) is 22.2 Å². The van der Waals surface area contributed by atoms with Gasteiger partial charge in [-0.1, -0.05) is 29.3 Å². The van der Waals surface area contributed by atoms with Crippen LogP contribution >= 0.6 is 11.6 Å². The second-order valence-electron chi connectivity index (χ2n) is 5.80. The number of aryl methyl sites for hydroxylation is 3. The van der Waals surface area contributed by atoms with E-state index in [9.17, 15) is 4.79 Å². The molecule has 112 valence electrons. The standard InChI is InChI=1S/C19H18ClNO/c1-11-4-6-13(3)14(8-11)19-18(17(22)10-20)15-9-12(2)5-7-16(15)21-19/h4-9,21H,10H2,1-3H3. The highest BCUT2D eigenvalue weighted by Crippen LogP contribution is 2.33. The van der Waals surface area contributed by atoms with Crippen LogP contribution in [0.15, 0.2) is 36.4 Å². The third kappa shape index (κ3) is 2.44. The van der Waals surface area contributed by atoms with Gasteiger partial charge < -0.3 is 4.98 Å². The summed E-state index contributed by atoms with van der Waals surface area (Å²) >= 11 is 5.85. The maximum Gasteiger partial charge on any atom is 0.180 e. The van der Waals surface area contributed by atoms with Crippen molar-refractivity contribution in [3.8, 4) is 11.3 Å². The van der Waals surface area contributed by atoms with E-state index < -0.39 is 0 Å². The molecule has 0 aliphatic rings. The number of hydrogen-bond acceptors (Lipinski definition) is 1.